The molecule has 5 nitrogen and oxygen atoms in total. The maximum atomic E-state index is 11.3. The molecule has 0 saturated heterocycles. The zero-order valence-corrected chi connectivity index (χ0v) is 8.06. The lowest BCUT2D eigenvalue weighted by atomic mass is 10.3. The summed E-state index contributed by atoms with van der Waals surface area (Å²) in [5.74, 6) is 0. The molecule has 1 aromatic rings. The minimum absolute atomic E-state index is 0.106. The minimum Gasteiger partial charge on any atom is -0.266 e. The number of aromatic nitrogens is 2. The predicted molar refractivity (Wildman–Crippen MR) is 48.7 cm³/mol. The third-order valence-electron chi connectivity index (χ3n) is 1.58. The van der Waals surface area contributed by atoms with Gasteiger partial charge >= 0.3 is 0 Å². The molecule has 0 atom stereocenters. The molecule has 0 aliphatic carbocycles. The Labute approximate surface area is 76.9 Å². The average molecular weight is 201 g/mol. The highest BCUT2D eigenvalue weighted by Gasteiger charge is 2.17. The summed E-state index contributed by atoms with van der Waals surface area (Å²) in [6.45, 7) is 3.53. The number of rotatable bonds is 4. The van der Waals surface area contributed by atoms with E-state index in [1.165, 1.54) is 13.2 Å². The van der Waals surface area contributed by atoms with Crippen LogP contribution in [0.5, 0.6) is 0 Å². The van der Waals surface area contributed by atoms with Gasteiger partial charge in [-0.05, 0) is 13.5 Å². The number of nitrogens with one attached hydrogen (secondary N) is 2. The fourth-order valence-electron chi connectivity index (χ4n) is 0.935. The molecule has 13 heavy (non-hydrogen) atoms. The summed E-state index contributed by atoms with van der Waals surface area (Å²) in [7, 11) is -2.07. The summed E-state index contributed by atoms with van der Waals surface area (Å²) < 4.78 is 24.9. The largest absolute Gasteiger partial charge is 0.266 e. The van der Waals surface area contributed by atoms with Crippen molar-refractivity contribution in [3.8, 4) is 0 Å². The van der Waals surface area contributed by atoms with Crippen LogP contribution in [-0.2, 0) is 16.4 Å². The molecule has 72 valence electrons. The van der Waals surface area contributed by atoms with Crippen molar-refractivity contribution in [1.82, 2.24) is 14.9 Å². The van der Waals surface area contributed by atoms with Crippen molar-refractivity contribution in [3.63, 3.8) is 0 Å². The number of allylic oxidation sites excluding steroid dienone is 1. The van der Waals surface area contributed by atoms with E-state index in [-0.39, 0.29) is 5.03 Å². The Morgan fingerprint density at radius 2 is 2.46 bits per heavy atom. The SMILES string of the molecule is C=CCc1cn[nH]c1S(=O)(=O)NC. The van der Waals surface area contributed by atoms with E-state index in [9.17, 15) is 8.42 Å². The van der Waals surface area contributed by atoms with Crippen LogP contribution < -0.4 is 4.72 Å². The van der Waals surface area contributed by atoms with Crippen molar-refractivity contribution in [3.05, 3.63) is 24.4 Å². The number of hydrogen-bond acceptors (Lipinski definition) is 3. The zero-order chi connectivity index (χ0) is 9.90. The van der Waals surface area contributed by atoms with Crippen LogP contribution in [0.2, 0.25) is 0 Å². The van der Waals surface area contributed by atoms with E-state index in [4.69, 9.17) is 0 Å². The van der Waals surface area contributed by atoms with Gasteiger partial charge < -0.3 is 0 Å². The second-order valence-electron chi connectivity index (χ2n) is 2.42. The Balaban J connectivity index is 3.14. The molecule has 0 amide bonds. The molecule has 0 spiro atoms. The number of H-pyrrole nitrogens is 1. The Hall–Kier alpha value is -1.14. The molecule has 0 saturated carbocycles. The summed E-state index contributed by atoms with van der Waals surface area (Å²) in [6.07, 6.45) is 3.58. The van der Waals surface area contributed by atoms with Crippen LogP contribution in [-0.4, -0.2) is 25.7 Å². The average Bonchev–Trinajstić information content (AvgIpc) is 2.54. The Morgan fingerprint density at radius 1 is 1.77 bits per heavy atom. The number of aromatic amines is 1. The lowest BCUT2D eigenvalue weighted by Gasteiger charge is -2.00. The minimum atomic E-state index is -3.42. The Bertz CT molecular complexity index is 394. The van der Waals surface area contributed by atoms with E-state index in [0.29, 0.717) is 12.0 Å². The van der Waals surface area contributed by atoms with Crippen molar-refractivity contribution in [2.24, 2.45) is 0 Å². The molecule has 0 unspecified atom stereocenters. The molecule has 0 aromatic carbocycles. The van der Waals surface area contributed by atoms with Crippen LogP contribution in [0.1, 0.15) is 5.56 Å². The monoisotopic (exact) mass is 201 g/mol. The number of nitrogens with zero attached hydrogens (tertiary/aromatic N) is 1. The van der Waals surface area contributed by atoms with Crippen LogP contribution in [0.25, 0.3) is 0 Å². The van der Waals surface area contributed by atoms with Gasteiger partial charge in [-0.25, -0.2) is 13.1 Å². The first-order chi connectivity index (χ1) is 6.11. The van der Waals surface area contributed by atoms with E-state index < -0.39 is 10.0 Å². The van der Waals surface area contributed by atoms with Crippen LogP contribution in [0.4, 0.5) is 0 Å². The molecule has 0 fully saturated rings. The predicted octanol–water partition coefficient (Wildman–Crippen LogP) is 0.0463. The summed E-state index contributed by atoms with van der Waals surface area (Å²) in [4.78, 5) is 0. The van der Waals surface area contributed by atoms with E-state index in [1.54, 1.807) is 6.08 Å². The molecule has 1 heterocycles. The normalized spacial score (nSPS) is 11.5. The zero-order valence-electron chi connectivity index (χ0n) is 7.24. The quantitative estimate of drug-likeness (QED) is 0.676. The molecule has 2 N–H and O–H groups in total. The lowest BCUT2D eigenvalue weighted by Crippen LogP contribution is -2.20. The smallest absolute Gasteiger partial charge is 0.257 e. The molecule has 0 radical (unpaired) electrons. The standard InChI is InChI=1S/C7H11N3O2S/c1-3-4-6-5-9-10-7(6)13(11,12)8-2/h3,5,8H,1,4H2,2H3,(H,9,10). The van der Waals surface area contributed by atoms with Crippen molar-refractivity contribution in [1.29, 1.82) is 0 Å². The summed E-state index contributed by atoms with van der Waals surface area (Å²) in [5.41, 5.74) is 0.615. The fourth-order valence-corrected chi connectivity index (χ4v) is 1.79. The second kappa shape index (κ2) is 3.71. The fraction of sp³-hybridized carbons (Fsp3) is 0.286. The molecule has 0 bridgehead atoms. The topological polar surface area (TPSA) is 74.8 Å². The van der Waals surface area contributed by atoms with Gasteiger partial charge in [0.25, 0.3) is 10.0 Å². The maximum Gasteiger partial charge on any atom is 0.257 e. The van der Waals surface area contributed by atoms with Gasteiger partial charge in [0.05, 0.1) is 6.20 Å². The molecule has 1 aromatic heterocycles. The van der Waals surface area contributed by atoms with Crippen molar-refractivity contribution >= 4 is 10.0 Å². The first kappa shape index (κ1) is 9.94. The first-order valence-corrected chi connectivity index (χ1v) is 5.17. The van der Waals surface area contributed by atoms with E-state index >= 15 is 0 Å². The van der Waals surface area contributed by atoms with Gasteiger partial charge in [0.15, 0.2) is 5.03 Å². The van der Waals surface area contributed by atoms with Gasteiger partial charge in [0, 0.05) is 5.56 Å². The van der Waals surface area contributed by atoms with Gasteiger partial charge in [-0.1, -0.05) is 6.08 Å². The van der Waals surface area contributed by atoms with Crippen molar-refractivity contribution < 1.29 is 8.42 Å². The van der Waals surface area contributed by atoms with Crippen LogP contribution in [0, 0.1) is 0 Å². The molecule has 6 heteroatoms. The highest BCUT2D eigenvalue weighted by Crippen LogP contribution is 2.11. The van der Waals surface area contributed by atoms with Gasteiger partial charge in [0.1, 0.15) is 0 Å². The number of hydrogen-bond donors (Lipinski definition) is 2. The molecular formula is C7H11N3O2S. The third kappa shape index (κ3) is 1.96. The highest BCUT2D eigenvalue weighted by molar-refractivity contribution is 7.89. The van der Waals surface area contributed by atoms with E-state index in [1.807, 2.05) is 0 Å². The summed E-state index contributed by atoms with van der Waals surface area (Å²) in [5, 5.41) is 6.20. The highest BCUT2D eigenvalue weighted by atomic mass is 32.2. The molecule has 0 aliphatic rings. The van der Waals surface area contributed by atoms with Gasteiger partial charge in [0.2, 0.25) is 0 Å². The van der Waals surface area contributed by atoms with Crippen LogP contribution in [0.3, 0.4) is 0 Å². The van der Waals surface area contributed by atoms with Crippen LogP contribution >= 0.6 is 0 Å². The Kier molecular flexibility index (Phi) is 2.84. The maximum absolute atomic E-state index is 11.3. The van der Waals surface area contributed by atoms with Gasteiger partial charge in [-0.15, -0.1) is 6.58 Å². The molecular weight excluding hydrogens is 190 g/mol. The molecule has 1 rings (SSSR count). The first-order valence-electron chi connectivity index (χ1n) is 3.68. The van der Waals surface area contributed by atoms with Crippen molar-refractivity contribution in [2.75, 3.05) is 7.05 Å². The van der Waals surface area contributed by atoms with Gasteiger partial charge in [-0.2, -0.15) is 5.10 Å². The number of sulfonamides is 1. The van der Waals surface area contributed by atoms with Gasteiger partial charge in [-0.3, -0.25) is 5.10 Å². The van der Waals surface area contributed by atoms with E-state index in [2.05, 4.69) is 21.5 Å². The summed E-state index contributed by atoms with van der Waals surface area (Å²) in [6, 6.07) is 0. The second-order valence-corrected chi connectivity index (χ2v) is 4.25. The Morgan fingerprint density at radius 3 is 3.00 bits per heavy atom. The summed E-state index contributed by atoms with van der Waals surface area (Å²) >= 11 is 0. The third-order valence-corrected chi connectivity index (χ3v) is 3.01. The lowest BCUT2D eigenvalue weighted by molar-refractivity contribution is 0.583. The molecule has 0 aliphatic heterocycles. The van der Waals surface area contributed by atoms with Crippen LogP contribution in [0.15, 0.2) is 23.9 Å². The van der Waals surface area contributed by atoms with E-state index in [0.717, 1.165) is 0 Å². The van der Waals surface area contributed by atoms with Crippen molar-refractivity contribution in [2.45, 2.75) is 11.4 Å².